The Morgan fingerprint density at radius 3 is 2.67 bits per heavy atom. The van der Waals surface area contributed by atoms with Gasteiger partial charge in [-0.3, -0.25) is 9.48 Å². The normalized spacial score (nSPS) is 11.1. The molecule has 0 saturated heterocycles. The summed E-state index contributed by atoms with van der Waals surface area (Å²) >= 11 is 0. The second-order valence-electron chi connectivity index (χ2n) is 2.89. The van der Waals surface area contributed by atoms with Crippen molar-refractivity contribution in [2.45, 2.75) is 0 Å². The Kier molecular flexibility index (Phi) is 2.98. The number of hydrogen-bond donors (Lipinski definition) is 1. The van der Waals surface area contributed by atoms with Crippen molar-refractivity contribution >= 4 is 16.0 Å². The van der Waals surface area contributed by atoms with Gasteiger partial charge in [-0.15, -0.1) is 5.10 Å². The van der Waals surface area contributed by atoms with E-state index in [1.807, 2.05) is 0 Å². The van der Waals surface area contributed by atoms with E-state index in [1.165, 1.54) is 17.9 Å². The second kappa shape index (κ2) is 3.89. The molecule has 1 heterocycles. The summed E-state index contributed by atoms with van der Waals surface area (Å²) in [5.74, 6) is -0.680. The van der Waals surface area contributed by atoms with Gasteiger partial charge in [0.25, 0.3) is 11.8 Å². The van der Waals surface area contributed by atoms with Crippen molar-refractivity contribution in [3.05, 3.63) is 11.8 Å². The maximum Gasteiger partial charge on any atom is 0.307 e. The second-order valence-corrected chi connectivity index (χ2v) is 4.46. The molecule has 0 bridgehead atoms. The molecule has 0 aliphatic rings. The van der Waals surface area contributed by atoms with Gasteiger partial charge in [0.05, 0.1) is 6.26 Å². The number of hydrogen-bond acceptors (Lipinski definition) is 5. The number of aromatic nitrogens is 2. The number of nitrogens with one attached hydrogen (secondary N) is 1. The maximum absolute atomic E-state index is 11.3. The lowest BCUT2D eigenvalue weighted by Gasteiger charge is -2.00. The van der Waals surface area contributed by atoms with Crippen molar-refractivity contribution in [1.29, 1.82) is 0 Å². The molecule has 1 aromatic heterocycles. The number of rotatable bonds is 3. The van der Waals surface area contributed by atoms with Gasteiger partial charge in [0.1, 0.15) is 5.56 Å². The van der Waals surface area contributed by atoms with Crippen LogP contribution in [0.25, 0.3) is 0 Å². The highest BCUT2D eigenvalue weighted by Crippen LogP contribution is 2.16. The van der Waals surface area contributed by atoms with Crippen molar-refractivity contribution in [3.63, 3.8) is 0 Å². The Labute approximate surface area is 87.2 Å². The van der Waals surface area contributed by atoms with Crippen LogP contribution in [0.2, 0.25) is 0 Å². The van der Waals surface area contributed by atoms with Crippen molar-refractivity contribution in [3.8, 4) is 5.88 Å². The molecule has 84 valence electrons. The van der Waals surface area contributed by atoms with Crippen LogP contribution >= 0.6 is 0 Å². The summed E-state index contributed by atoms with van der Waals surface area (Å²) in [7, 11) is -0.697. The van der Waals surface area contributed by atoms with E-state index in [1.54, 1.807) is 7.05 Å². The summed E-state index contributed by atoms with van der Waals surface area (Å²) in [6, 6.07) is 0. The largest absolute Gasteiger partial charge is 0.359 e. The number of aryl methyl sites for hydroxylation is 1. The van der Waals surface area contributed by atoms with Gasteiger partial charge in [0, 0.05) is 20.3 Å². The predicted octanol–water partition coefficient (Wildman–Crippen LogP) is -0.882. The average molecular weight is 233 g/mol. The van der Waals surface area contributed by atoms with Crippen molar-refractivity contribution in [1.82, 2.24) is 15.1 Å². The van der Waals surface area contributed by atoms with E-state index in [2.05, 4.69) is 14.6 Å². The van der Waals surface area contributed by atoms with Crippen LogP contribution in [0.15, 0.2) is 6.20 Å². The van der Waals surface area contributed by atoms with Gasteiger partial charge in [-0.05, 0) is 0 Å². The molecular weight excluding hydrogens is 222 g/mol. The minimum Gasteiger partial charge on any atom is -0.359 e. The maximum atomic E-state index is 11.3. The lowest BCUT2D eigenvalue weighted by Crippen LogP contribution is -2.19. The fourth-order valence-corrected chi connectivity index (χ4v) is 1.37. The standard InChI is InChI=1S/C7H11N3O4S/c1-8-6(11)5-4-10(2)9-7(5)14-15(3,12)13/h4H,1-3H3,(H,8,11). The summed E-state index contributed by atoms with van der Waals surface area (Å²) in [5.41, 5.74) is 0.0745. The van der Waals surface area contributed by atoms with E-state index < -0.39 is 16.0 Å². The SMILES string of the molecule is CNC(=O)c1cn(C)nc1OS(C)(=O)=O. The molecule has 15 heavy (non-hydrogen) atoms. The predicted molar refractivity (Wildman–Crippen MR) is 52.1 cm³/mol. The molecule has 0 radical (unpaired) electrons. The van der Waals surface area contributed by atoms with E-state index in [4.69, 9.17) is 0 Å². The van der Waals surface area contributed by atoms with Crippen LogP contribution in [0.5, 0.6) is 5.88 Å². The molecule has 1 amide bonds. The molecule has 0 saturated carbocycles. The van der Waals surface area contributed by atoms with Gasteiger partial charge >= 0.3 is 10.1 Å². The van der Waals surface area contributed by atoms with Crippen molar-refractivity contribution in [2.75, 3.05) is 13.3 Å². The van der Waals surface area contributed by atoms with Crippen LogP contribution in [-0.4, -0.2) is 37.4 Å². The van der Waals surface area contributed by atoms with Crippen molar-refractivity contribution in [2.24, 2.45) is 7.05 Å². The number of carbonyl (C=O) groups is 1. The highest BCUT2D eigenvalue weighted by molar-refractivity contribution is 7.86. The molecule has 7 nitrogen and oxygen atoms in total. The molecule has 1 N–H and O–H groups in total. The van der Waals surface area contributed by atoms with Gasteiger partial charge in [-0.25, -0.2) is 0 Å². The average Bonchev–Trinajstić information content (AvgIpc) is 2.42. The summed E-state index contributed by atoms with van der Waals surface area (Å²) < 4.78 is 27.6. The zero-order valence-electron chi connectivity index (χ0n) is 8.51. The van der Waals surface area contributed by atoms with E-state index in [-0.39, 0.29) is 11.4 Å². The van der Waals surface area contributed by atoms with E-state index >= 15 is 0 Å². The molecule has 0 atom stereocenters. The van der Waals surface area contributed by atoms with Gasteiger partial charge in [-0.1, -0.05) is 0 Å². The molecule has 0 unspecified atom stereocenters. The molecular formula is C7H11N3O4S. The summed E-state index contributed by atoms with van der Waals surface area (Å²) in [6.07, 6.45) is 2.26. The minimum atomic E-state index is -3.68. The summed E-state index contributed by atoms with van der Waals surface area (Å²) in [5, 5.41) is 6.07. The third kappa shape index (κ3) is 2.94. The van der Waals surface area contributed by atoms with Crippen LogP contribution < -0.4 is 9.50 Å². The van der Waals surface area contributed by atoms with Gasteiger partial charge in [0.2, 0.25) is 0 Å². The smallest absolute Gasteiger partial charge is 0.307 e. The van der Waals surface area contributed by atoms with Crippen LogP contribution in [0.1, 0.15) is 10.4 Å². The Morgan fingerprint density at radius 1 is 1.60 bits per heavy atom. The zero-order valence-corrected chi connectivity index (χ0v) is 9.33. The molecule has 0 spiro atoms. The molecule has 0 fully saturated rings. The van der Waals surface area contributed by atoms with E-state index in [0.29, 0.717) is 0 Å². The first-order valence-corrected chi connectivity index (χ1v) is 5.80. The Balaban J connectivity index is 3.12. The molecule has 0 aromatic carbocycles. The third-order valence-electron chi connectivity index (χ3n) is 1.50. The van der Waals surface area contributed by atoms with Crippen LogP contribution in [0.4, 0.5) is 0 Å². The first-order valence-electron chi connectivity index (χ1n) is 3.98. The monoisotopic (exact) mass is 233 g/mol. The Hall–Kier alpha value is -1.57. The molecule has 8 heteroatoms. The molecule has 1 aromatic rings. The van der Waals surface area contributed by atoms with Gasteiger partial charge in [-0.2, -0.15) is 8.42 Å². The van der Waals surface area contributed by atoms with E-state index in [0.717, 1.165) is 6.26 Å². The highest BCUT2D eigenvalue weighted by atomic mass is 32.2. The molecule has 1 rings (SSSR count). The fourth-order valence-electron chi connectivity index (χ4n) is 0.963. The van der Waals surface area contributed by atoms with Gasteiger partial charge < -0.3 is 9.50 Å². The third-order valence-corrected chi connectivity index (χ3v) is 1.96. The van der Waals surface area contributed by atoms with Crippen molar-refractivity contribution < 1.29 is 17.4 Å². The lowest BCUT2D eigenvalue weighted by atomic mass is 10.3. The topological polar surface area (TPSA) is 90.3 Å². The molecule has 0 aliphatic heterocycles. The number of carbonyl (C=O) groups excluding carboxylic acids is 1. The summed E-state index contributed by atoms with van der Waals surface area (Å²) in [4.78, 5) is 11.3. The first kappa shape index (κ1) is 11.5. The van der Waals surface area contributed by atoms with Crippen LogP contribution in [0, 0.1) is 0 Å². The highest BCUT2D eigenvalue weighted by Gasteiger charge is 2.19. The Bertz CT molecular complexity index is 476. The van der Waals surface area contributed by atoms with Crippen LogP contribution in [0.3, 0.4) is 0 Å². The van der Waals surface area contributed by atoms with Crippen LogP contribution in [-0.2, 0) is 17.2 Å². The van der Waals surface area contributed by atoms with E-state index in [9.17, 15) is 13.2 Å². The zero-order chi connectivity index (χ0) is 11.6. The fraction of sp³-hybridized carbons (Fsp3) is 0.429. The number of amides is 1. The molecule has 0 aliphatic carbocycles. The quantitative estimate of drug-likeness (QED) is 0.684. The number of nitrogens with zero attached hydrogens (tertiary/aromatic N) is 2. The first-order chi connectivity index (χ1) is 6.83. The lowest BCUT2D eigenvalue weighted by molar-refractivity contribution is 0.0961. The van der Waals surface area contributed by atoms with Gasteiger partial charge in [0.15, 0.2) is 0 Å². The Morgan fingerprint density at radius 2 is 2.20 bits per heavy atom. The minimum absolute atomic E-state index is 0.0745. The summed E-state index contributed by atoms with van der Waals surface area (Å²) in [6.45, 7) is 0.